The number of hydrazone groups is 1. The van der Waals surface area contributed by atoms with Crippen LogP contribution in [0, 0.1) is 6.92 Å². The summed E-state index contributed by atoms with van der Waals surface area (Å²) < 4.78 is 16.1. The number of nitrogens with one attached hydrogen (secondary N) is 2. The molecule has 1 aliphatic heterocycles. The van der Waals surface area contributed by atoms with E-state index >= 15 is 0 Å². The molecule has 0 saturated carbocycles. The van der Waals surface area contributed by atoms with Gasteiger partial charge in [0.25, 0.3) is 0 Å². The van der Waals surface area contributed by atoms with Crippen molar-refractivity contribution in [2.75, 3.05) is 56.2 Å². The summed E-state index contributed by atoms with van der Waals surface area (Å²) >= 11 is 0. The van der Waals surface area contributed by atoms with E-state index in [4.69, 9.17) is 14.2 Å². The standard InChI is InChI=1S/C23H27N7O3/c1-16-4-7-18(8-5-16)25-21-26-22(28-23(27-21)30-10-12-33-13-11-30)29-24-15-17-6-9-19(31-2)20(14-17)32-3/h4-9,14-15H,10-13H2,1-3H3,(H2,25,26,27,28,29). The van der Waals surface area contributed by atoms with Crippen LogP contribution in [0.2, 0.25) is 0 Å². The summed E-state index contributed by atoms with van der Waals surface area (Å²) in [5, 5.41) is 7.54. The Hall–Kier alpha value is -3.92. The Morgan fingerprint density at radius 1 is 0.939 bits per heavy atom. The lowest BCUT2D eigenvalue weighted by atomic mass is 10.2. The summed E-state index contributed by atoms with van der Waals surface area (Å²) in [5.74, 6) is 2.60. The lowest BCUT2D eigenvalue weighted by Crippen LogP contribution is -2.37. The van der Waals surface area contributed by atoms with Crippen molar-refractivity contribution in [3.05, 3.63) is 53.6 Å². The maximum atomic E-state index is 5.45. The first-order valence-electron chi connectivity index (χ1n) is 10.6. The SMILES string of the molecule is COc1ccc(C=NNc2nc(Nc3ccc(C)cc3)nc(N3CCOCC3)n2)cc1OC. The van der Waals surface area contributed by atoms with Crippen LogP contribution in [0.3, 0.4) is 0 Å². The molecule has 3 aromatic rings. The number of benzene rings is 2. The van der Waals surface area contributed by atoms with Crippen LogP contribution in [0.5, 0.6) is 11.5 Å². The van der Waals surface area contributed by atoms with Gasteiger partial charge < -0.3 is 24.4 Å². The Bertz CT molecular complexity index is 1100. The van der Waals surface area contributed by atoms with Gasteiger partial charge in [-0.3, -0.25) is 0 Å². The van der Waals surface area contributed by atoms with Crippen LogP contribution in [-0.2, 0) is 4.74 Å². The number of aryl methyl sites for hydroxylation is 1. The fourth-order valence-corrected chi connectivity index (χ4v) is 3.24. The van der Waals surface area contributed by atoms with Gasteiger partial charge >= 0.3 is 0 Å². The van der Waals surface area contributed by atoms with Gasteiger partial charge in [0, 0.05) is 18.8 Å². The summed E-state index contributed by atoms with van der Waals surface area (Å²) in [5.41, 5.74) is 5.81. The van der Waals surface area contributed by atoms with Gasteiger partial charge in [0.05, 0.1) is 33.6 Å². The molecule has 2 aromatic carbocycles. The molecule has 4 rings (SSSR count). The van der Waals surface area contributed by atoms with Crippen LogP contribution in [0.4, 0.5) is 23.5 Å². The molecule has 2 heterocycles. The van der Waals surface area contributed by atoms with Crippen LogP contribution in [0.15, 0.2) is 47.6 Å². The molecule has 0 aliphatic carbocycles. The first kappa shape index (κ1) is 22.3. The molecule has 1 saturated heterocycles. The van der Waals surface area contributed by atoms with E-state index in [0.29, 0.717) is 55.6 Å². The number of ether oxygens (including phenoxy) is 3. The van der Waals surface area contributed by atoms with Gasteiger partial charge in [-0.15, -0.1) is 0 Å². The predicted octanol–water partition coefficient (Wildman–Crippen LogP) is 3.22. The lowest BCUT2D eigenvalue weighted by Gasteiger charge is -2.27. The molecule has 0 amide bonds. The predicted molar refractivity (Wildman–Crippen MR) is 128 cm³/mol. The third kappa shape index (κ3) is 5.86. The van der Waals surface area contributed by atoms with Crippen molar-refractivity contribution < 1.29 is 14.2 Å². The molecule has 0 radical (unpaired) electrons. The summed E-state index contributed by atoms with van der Waals surface area (Å²) in [6.45, 7) is 4.73. The highest BCUT2D eigenvalue weighted by Gasteiger charge is 2.16. The van der Waals surface area contributed by atoms with Gasteiger partial charge in [0.15, 0.2) is 11.5 Å². The van der Waals surface area contributed by atoms with E-state index in [1.165, 1.54) is 5.56 Å². The fraction of sp³-hybridized carbons (Fsp3) is 0.304. The molecule has 2 N–H and O–H groups in total. The van der Waals surface area contributed by atoms with Crippen molar-refractivity contribution in [2.45, 2.75) is 6.92 Å². The molecule has 10 heteroatoms. The Morgan fingerprint density at radius 3 is 2.39 bits per heavy atom. The molecular weight excluding hydrogens is 422 g/mol. The average Bonchev–Trinajstić information content (AvgIpc) is 2.86. The topological polar surface area (TPSA) is 106 Å². The fourth-order valence-electron chi connectivity index (χ4n) is 3.24. The molecule has 33 heavy (non-hydrogen) atoms. The zero-order valence-corrected chi connectivity index (χ0v) is 18.9. The van der Waals surface area contributed by atoms with Gasteiger partial charge in [-0.25, -0.2) is 5.43 Å². The van der Waals surface area contributed by atoms with E-state index in [9.17, 15) is 0 Å². The lowest BCUT2D eigenvalue weighted by molar-refractivity contribution is 0.122. The minimum absolute atomic E-state index is 0.331. The van der Waals surface area contributed by atoms with Gasteiger partial charge in [-0.05, 0) is 42.8 Å². The smallest absolute Gasteiger partial charge is 0.250 e. The largest absolute Gasteiger partial charge is 0.493 e. The molecule has 0 spiro atoms. The Balaban J connectivity index is 1.55. The molecule has 1 aliphatic rings. The maximum absolute atomic E-state index is 5.45. The van der Waals surface area contributed by atoms with E-state index < -0.39 is 0 Å². The number of hydrogen-bond donors (Lipinski definition) is 2. The molecule has 172 valence electrons. The highest BCUT2D eigenvalue weighted by atomic mass is 16.5. The monoisotopic (exact) mass is 449 g/mol. The van der Waals surface area contributed by atoms with Crippen LogP contribution in [-0.4, -0.2) is 61.7 Å². The second-order valence-electron chi connectivity index (χ2n) is 7.36. The Morgan fingerprint density at radius 2 is 1.67 bits per heavy atom. The van der Waals surface area contributed by atoms with Gasteiger partial charge in [-0.2, -0.15) is 20.1 Å². The van der Waals surface area contributed by atoms with Crippen molar-refractivity contribution in [1.29, 1.82) is 0 Å². The van der Waals surface area contributed by atoms with Crippen LogP contribution in [0.25, 0.3) is 0 Å². The van der Waals surface area contributed by atoms with Crippen molar-refractivity contribution in [3.8, 4) is 11.5 Å². The van der Waals surface area contributed by atoms with Crippen molar-refractivity contribution in [1.82, 2.24) is 15.0 Å². The minimum atomic E-state index is 0.331. The van der Waals surface area contributed by atoms with Crippen LogP contribution < -0.4 is 25.1 Å². The quantitative estimate of drug-likeness (QED) is 0.396. The third-order valence-corrected chi connectivity index (χ3v) is 5.01. The van der Waals surface area contributed by atoms with E-state index in [2.05, 4.69) is 35.7 Å². The summed E-state index contributed by atoms with van der Waals surface area (Å²) in [6.07, 6.45) is 1.66. The second kappa shape index (κ2) is 10.6. The first-order chi connectivity index (χ1) is 16.1. The number of nitrogens with zero attached hydrogens (tertiary/aromatic N) is 5. The number of methoxy groups -OCH3 is 2. The number of aromatic nitrogens is 3. The maximum Gasteiger partial charge on any atom is 0.250 e. The zero-order chi connectivity index (χ0) is 23.0. The van der Waals surface area contributed by atoms with E-state index in [1.54, 1.807) is 20.4 Å². The molecular formula is C23H27N7O3. The number of hydrogen-bond acceptors (Lipinski definition) is 10. The van der Waals surface area contributed by atoms with Crippen LogP contribution >= 0.6 is 0 Å². The van der Waals surface area contributed by atoms with Crippen molar-refractivity contribution >= 4 is 29.7 Å². The Labute approximate surface area is 192 Å². The zero-order valence-electron chi connectivity index (χ0n) is 18.9. The Kier molecular flexibility index (Phi) is 7.16. The normalized spacial score (nSPS) is 13.7. The highest BCUT2D eigenvalue weighted by molar-refractivity contribution is 5.81. The third-order valence-electron chi connectivity index (χ3n) is 5.01. The summed E-state index contributed by atoms with van der Waals surface area (Å²) in [7, 11) is 3.19. The molecule has 10 nitrogen and oxygen atoms in total. The van der Waals surface area contributed by atoms with E-state index in [0.717, 1.165) is 11.3 Å². The van der Waals surface area contributed by atoms with Gasteiger partial charge in [0.2, 0.25) is 17.8 Å². The van der Waals surface area contributed by atoms with Gasteiger partial charge in [-0.1, -0.05) is 17.7 Å². The molecule has 1 fully saturated rings. The second-order valence-corrected chi connectivity index (χ2v) is 7.36. The number of anilines is 4. The van der Waals surface area contributed by atoms with E-state index in [1.807, 2.05) is 49.4 Å². The first-order valence-corrected chi connectivity index (χ1v) is 10.6. The van der Waals surface area contributed by atoms with E-state index in [-0.39, 0.29) is 0 Å². The minimum Gasteiger partial charge on any atom is -0.493 e. The molecule has 0 bridgehead atoms. The molecule has 0 atom stereocenters. The number of rotatable bonds is 8. The van der Waals surface area contributed by atoms with Crippen molar-refractivity contribution in [2.24, 2.45) is 5.10 Å². The summed E-state index contributed by atoms with van der Waals surface area (Å²) in [4.78, 5) is 15.7. The molecule has 1 aromatic heterocycles. The average molecular weight is 450 g/mol. The highest BCUT2D eigenvalue weighted by Crippen LogP contribution is 2.27. The van der Waals surface area contributed by atoms with Gasteiger partial charge in [0.1, 0.15) is 0 Å². The molecule has 0 unspecified atom stereocenters. The van der Waals surface area contributed by atoms with Crippen molar-refractivity contribution in [3.63, 3.8) is 0 Å². The van der Waals surface area contributed by atoms with Crippen LogP contribution in [0.1, 0.15) is 11.1 Å². The number of morpholine rings is 1. The summed E-state index contributed by atoms with van der Waals surface area (Å²) in [6, 6.07) is 13.6.